The molecular weight excluding hydrogens is 428 g/mol. The van der Waals surface area contributed by atoms with Gasteiger partial charge in [-0.3, -0.25) is 14.5 Å². The van der Waals surface area contributed by atoms with Crippen molar-refractivity contribution in [2.24, 2.45) is 0 Å². The van der Waals surface area contributed by atoms with E-state index in [-0.39, 0.29) is 18.6 Å². The molecule has 9 heteroatoms. The lowest BCUT2D eigenvalue weighted by molar-refractivity contribution is -0.116. The highest BCUT2D eigenvalue weighted by Gasteiger charge is 2.19. The van der Waals surface area contributed by atoms with Crippen molar-refractivity contribution in [3.63, 3.8) is 0 Å². The Morgan fingerprint density at radius 2 is 1.88 bits per heavy atom. The van der Waals surface area contributed by atoms with E-state index in [9.17, 15) is 4.79 Å². The van der Waals surface area contributed by atoms with Crippen LogP contribution in [0.1, 0.15) is 25.7 Å². The second-order valence-electron chi connectivity index (χ2n) is 7.61. The molecule has 2 aromatic carbocycles. The molecule has 1 saturated carbocycles. The van der Waals surface area contributed by atoms with E-state index in [1.807, 2.05) is 24.3 Å². The summed E-state index contributed by atoms with van der Waals surface area (Å²) < 4.78 is 18.8. The van der Waals surface area contributed by atoms with Crippen molar-refractivity contribution >= 4 is 23.8 Å². The fourth-order valence-corrected chi connectivity index (χ4v) is 4.00. The van der Waals surface area contributed by atoms with E-state index in [0.717, 1.165) is 24.2 Å². The molecule has 0 radical (unpaired) electrons. The van der Waals surface area contributed by atoms with E-state index in [1.54, 1.807) is 37.0 Å². The SMILES string of the molecule is COc1ccc(-c2n[nH]c(=S)n2CC(=O)Nc2ccc(OC)c(OC3CCCC3)c2)cc1. The van der Waals surface area contributed by atoms with E-state index in [4.69, 9.17) is 26.4 Å². The quantitative estimate of drug-likeness (QED) is 0.484. The lowest BCUT2D eigenvalue weighted by Gasteiger charge is -2.17. The molecule has 1 amide bonds. The Morgan fingerprint density at radius 3 is 2.56 bits per heavy atom. The molecule has 1 aliphatic rings. The van der Waals surface area contributed by atoms with E-state index >= 15 is 0 Å². The van der Waals surface area contributed by atoms with Crippen LogP contribution in [0.15, 0.2) is 42.5 Å². The van der Waals surface area contributed by atoms with Gasteiger partial charge in [-0.15, -0.1) is 0 Å². The number of rotatable bonds is 8. The number of nitrogens with one attached hydrogen (secondary N) is 2. The summed E-state index contributed by atoms with van der Waals surface area (Å²) in [5.41, 5.74) is 1.45. The Morgan fingerprint density at radius 1 is 1.12 bits per heavy atom. The number of carbonyl (C=O) groups is 1. The smallest absolute Gasteiger partial charge is 0.244 e. The third-order valence-corrected chi connectivity index (χ3v) is 5.76. The van der Waals surface area contributed by atoms with Gasteiger partial charge in [-0.2, -0.15) is 5.10 Å². The van der Waals surface area contributed by atoms with Crippen LogP contribution in [-0.2, 0) is 11.3 Å². The molecule has 0 bridgehead atoms. The summed E-state index contributed by atoms with van der Waals surface area (Å²) in [6.07, 6.45) is 4.60. The molecule has 1 fully saturated rings. The maximum atomic E-state index is 12.8. The van der Waals surface area contributed by atoms with Crippen LogP contribution in [0.4, 0.5) is 5.69 Å². The molecule has 2 N–H and O–H groups in total. The van der Waals surface area contributed by atoms with Gasteiger partial charge < -0.3 is 19.5 Å². The zero-order chi connectivity index (χ0) is 22.5. The minimum atomic E-state index is -0.228. The van der Waals surface area contributed by atoms with E-state index < -0.39 is 0 Å². The lowest BCUT2D eigenvalue weighted by Crippen LogP contribution is -2.19. The third-order valence-electron chi connectivity index (χ3n) is 5.45. The zero-order valence-electron chi connectivity index (χ0n) is 18.1. The molecule has 0 atom stereocenters. The first-order chi connectivity index (χ1) is 15.6. The predicted molar refractivity (Wildman–Crippen MR) is 124 cm³/mol. The summed E-state index contributed by atoms with van der Waals surface area (Å²) in [6, 6.07) is 12.8. The molecule has 0 spiro atoms. The van der Waals surface area contributed by atoms with Crippen LogP contribution in [-0.4, -0.2) is 41.0 Å². The number of ether oxygens (including phenoxy) is 3. The van der Waals surface area contributed by atoms with Crippen molar-refractivity contribution in [1.29, 1.82) is 0 Å². The summed E-state index contributed by atoms with van der Waals surface area (Å²) in [7, 11) is 3.22. The van der Waals surface area contributed by atoms with Gasteiger partial charge in [0.1, 0.15) is 12.3 Å². The minimum Gasteiger partial charge on any atom is -0.497 e. The molecular formula is C23H26N4O4S. The number of carbonyl (C=O) groups excluding carboxylic acids is 1. The second-order valence-corrected chi connectivity index (χ2v) is 7.99. The second kappa shape index (κ2) is 9.86. The molecule has 168 valence electrons. The van der Waals surface area contributed by atoms with Crippen molar-refractivity contribution < 1.29 is 19.0 Å². The number of H-pyrrole nitrogens is 1. The summed E-state index contributed by atoms with van der Waals surface area (Å²) in [5.74, 6) is 2.37. The number of hydrogen-bond acceptors (Lipinski definition) is 6. The van der Waals surface area contributed by atoms with Gasteiger partial charge in [0.2, 0.25) is 5.91 Å². The summed E-state index contributed by atoms with van der Waals surface area (Å²) in [4.78, 5) is 12.8. The van der Waals surface area contributed by atoms with Gasteiger partial charge in [-0.25, -0.2) is 0 Å². The zero-order valence-corrected chi connectivity index (χ0v) is 18.9. The number of anilines is 1. The van der Waals surface area contributed by atoms with E-state index in [1.165, 1.54) is 12.8 Å². The number of hydrogen-bond donors (Lipinski definition) is 2. The number of aromatic amines is 1. The van der Waals surface area contributed by atoms with Crippen molar-refractivity contribution in [3.05, 3.63) is 47.2 Å². The van der Waals surface area contributed by atoms with Gasteiger partial charge in [0.15, 0.2) is 22.1 Å². The Bertz CT molecular complexity index is 1130. The summed E-state index contributed by atoms with van der Waals surface area (Å²) in [5, 5.41) is 9.97. The Labute approximate surface area is 191 Å². The number of benzene rings is 2. The molecule has 1 heterocycles. The predicted octanol–water partition coefficient (Wildman–Crippen LogP) is 4.58. The average Bonchev–Trinajstić information content (AvgIpc) is 3.44. The normalized spacial score (nSPS) is 13.7. The number of nitrogens with zero attached hydrogens (tertiary/aromatic N) is 2. The molecule has 1 aromatic heterocycles. The van der Waals surface area contributed by atoms with E-state index in [0.29, 0.717) is 27.8 Å². The number of aromatic nitrogens is 3. The van der Waals surface area contributed by atoms with Gasteiger partial charge in [-0.05, 0) is 74.3 Å². The highest BCUT2D eigenvalue weighted by atomic mass is 32.1. The first-order valence-corrected chi connectivity index (χ1v) is 10.9. The van der Waals surface area contributed by atoms with Crippen molar-refractivity contribution in [3.8, 4) is 28.6 Å². The molecule has 0 aliphatic heterocycles. The van der Waals surface area contributed by atoms with Gasteiger partial charge >= 0.3 is 0 Å². The van der Waals surface area contributed by atoms with Crippen LogP contribution in [0.2, 0.25) is 0 Å². The highest BCUT2D eigenvalue weighted by molar-refractivity contribution is 7.71. The van der Waals surface area contributed by atoms with Crippen LogP contribution >= 0.6 is 12.2 Å². The molecule has 4 rings (SSSR count). The maximum Gasteiger partial charge on any atom is 0.244 e. The van der Waals surface area contributed by atoms with Gasteiger partial charge in [-0.1, -0.05) is 0 Å². The first kappa shape index (κ1) is 21.9. The van der Waals surface area contributed by atoms with Crippen LogP contribution in [0.3, 0.4) is 0 Å². The minimum absolute atomic E-state index is 0.0154. The fraction of sp³-hybridized carbons (Fsp3) is 0.348. The molecule has 3 aromatic rings. The Balaban J connectivity index is 1.49. The first-order valence-electron chi connectivity index (χ1n) is 10.5. The Hall–Kier alpha value is -3.33. The van der Waals surface area contributed by atoms with Crippen LogP contribution in [0.25, 0.3) is 11.4 Å². The largest absolute Gasteiger partial charge is 0.497 e. The van der Waals surface area contributed by atoms with Crippen LogP contribution in [0.5, 0.6) is 17.2 Å². The fourth-order valence-electron chi connectivity index (χ4n) is 3.80. The molecule has 32 heavy (non-hydrogen) atoms. The van der Waals surface area contributed by atoms with Crippen molar-refractivity contribution in [2.45, 2.75) is 38.3 Å². The summed E-state index contributed by atoms with van der Waals surface area (Å²) in [6.45, 7) is 0.0154. The van der Waals surface area contributed by atoms with Gasteiger partial charge in [0.05, 0.1) is 20.3 Å². The van der Waals surface area contributed by atoms with Gasteiger partial charge in [0, 0.05) is 17.3 Å². The average molecular weight is 455 g/mol. The van der Waals surface area contributed by atoms with Crippen LogP contribution in [0, 0.1) is 4.77 Å². The molecule has 1 aliphatic carbocycles. The topological polar surface area (TPSA) is 90.4 Å². The Kier molecular flexibility index (Phi) is 6.75. The van der Waals surface area contributed by atoms with Crippen LogP contribution < -0.4 is 19.5 Å². The molecule has 0 saturated heterocycles. The van der Waals surface area contributed by atoms with E-state index in [2.05, 4.69) is 15.5 Å². The molecule has 8 nitrogen and oxygen atoms in total. The number of amides is 1. The standard InChI is InChI=1S/C23H26N4O4S/c1-29-17-10-7-15(8-11-17)22-25-26-23(32)27(22)14-21(28)24-16-9-12-19(30-2)20(13-16)31-18-5-3-4-6-18/h7-13,18H,3-6,14H2,1-2H3,(H,24,28)(H,26,32). The monoisotopic (exact) mass is 454 g/mol. The van der Waals surface area contributed by atoms with Gasteiger partial charge in [0.25, 0.3) is 0 Å². The molecule has 0 unspecified atom stereocenters. The summed E-state index contributed by atoms with van der Waals surface area (Å²) >= 11 is 5.34. The van der Waals surface area contributed by atoms with Crippen molar-refractivity contribution in [1.82, 2.24) is 14.8 Å². The van der Waals surface area contributed by atoms with Crippen molar-refractivity contribution in [2.75, 3.05) is 19.5 Å². The maximum absolute atomic E-state index is 12.8. The lowest BCUT2D eigenvalue weighted by atomic mass is 10.2. The number of methoxy groups -OCH3 is 2. The highest BCUT2D eigenvalue weighted by Crippen LogP contribution is 2.34. The third kappa shape index (κ3) is 4.94.